The van der Waals surface area contributed by atoms with E-state index >= 15 is 0 Å². The van der Waals surface area contributed by atoms with Crippen molar-refractivity contribution in [3.05, 3.63) is 58.4 Å². The highest BCUT2D eigenvalue weighted by Gasteiger charge is 2.30. The van der Waals surface area contributed by atoms with Gasteiger partial charge in [-0.1, -0.05) is 0 Å². The second-order valence-corrected chi connectivity index (χ2v) is 6.58. The van der Waals surface area contributed by atoms with Crippen LogP contribution in [0, 0.1) is 13.8 Å². The van der Waals surface area contributed by atoms with Crippen molar-refractivity contribution in [3.63, 3.8) is 0 Å². The van der Waals surface area contributed by atoms with E-state index in [0.29, 0.717) is 19.0 Å². The Bertz CT molecular complexity index is 771. The number of nitrogens with one attached hydrogen (secondary N) is 1. The van der Waals surface area contributed by atoms with E-state index in [1.165, 1.54) is 41.9 Å². The van der Waals surface area contributed by atoms with Crippen LogP contribution in [-0.4, -0.2) is 17.0 Å². The zero-order chi connectivity index (χ0) is 18.2. The summed E-state index contributed by atoms with van der Waals surface area (Å²) < 4.78 is 40.0. The molecular formula is C19H21F3N2O. The predicted molar refractivity (Wildman–Crippen MR) is 89.7 cm³/mol. The van der Waals surface area contributed by atoms with Gasteiger partial charge in [0.15, 0.2) is 0 Å². The third-order valence-corrected chi connectivity index (χ3v) is 4.66. The van der Waals surface area contributed by atoms with Gasteiger partial charge in [-0.2, -0.15) is 13.2 Å². The van der Waals surface area contributed by atoms with E-state index in [2.05, 4.69) is 29.8 Å². The SMILES string of the molecule is Cc1cc(CCNC(=O)c2ccc(C(F)(F)F)cc2)c(C)n1C1CC1. The Morgan fingerprint density at radius 1 is 1.20 bits per heavy atom. The van der Waals surface area contributed by atoms with E-state index in [1.807, 2.05) is 0 Å². The van der Waals surface area contributed by atoms with Crippen molar-refractivity contribution in [2.45, 2.75) is 45.3 Å². The number of carbonyl (C=O) groups excluding carboxylic acids is 1. The fourth-order valence-corrected chi connectivity index (χ4v) is 3.22. The number of aromatic nitrogens is 1. The first-order chi connectivity index (χ1) is 11.8. The van der Waals surface area contributed by atoms with Crippen LogP contribution in [0.25, 0.3) is 0 Å². The van der Waals surface area contributed by atoms with E-state index < -0.39 is 11.7 Å². The molecule has 1 fully saturated rings. The lowest BCUT2D eigenvalue weighted by molar-refractivity contribution is -0.137. The molecular weight excluding hydrogens is 329 g/mol. The third kappa shape index (κ3) is 3.89. The average Bonchev–Trinajstić information content (AvgIpc) is 3.33. The zero-order valence-electron chi connectivity index (χ0n) is 14.3. The van der Waals surface area contributed by atoms with Crippen LogP contribution in [-0.2, 0) is 12.6 Å². The summed E-state index contributed by atoms with van der Waals surface area (Å²) in [4.78, 5) is 12.1. The number of hydrogen-bond acceptors (Lipinski definition) is 1. The number of aryl methyl sites for hydroxylation is 1. The second kappa shape index (κ2) is 6.58. The highest BCUT2D eigenvalue weighted by molar-refractivity contribution is 5.94. The summed E-state index contributed by atoms with van der Waals surface area (Å²) in [6, 6.07) is 7.04. The first-order valence-electron chi connectivity index (χ1n) is 8.40. The van der Waals surface area contributed by atoms with Gasteiger partial charge in [0, 0.05) is 29.5 Å². The molecule has 25 heavy (non-hydrogen) atoms. The Morgan fingerprint density at radius 2 is 1.84 bits per heavy atom. The van der Waals surface area contributed by atoms with Gasteiger partial charge < -0.3 is 9.88 Å². The topological polar surface area (TPSA) is 34.0 Å². The van der Waals surface area contributed by atoms with Crippen LogP contribution < -0.4 is 5.32 Å². The molecule has 1 heterocycles. The van der Waals surface area contributed by atoms with Crippen molar-refractivity contribution < 1.29 is 18.0 Å². The third-order valence-electron chi connectivity index (χ3n) is 4.66. The summed E-state index contributed by atoms with van der Waals surface area (Å²) in [5.41, 5.74) is 3.16. The fraction of sp³-hybridized carbons (Fsp3) is 0.421. The van der Waals surface area contributed by atoms with Gasteiger partial charge in [-0.05, 0) is 69.0 Å². The molecule has 0 radical (unpaired) electrons. The van der Waals surface area contributed by atoms with E-state index in [0.717, 1.165) is 12.1 Å². The van der Waals surface area contributed by atoms with Crippen LogP contribution in [0.1, 0.15) is 51.8 Å². The maximum atomic E-state index is 12.5. The van der Waals surface area contributed by atoms with Crippen molar-refractivity contribution in [1.29, 1.82) is 0 Å². The van der Waals surface area contributed by atoms with Crippen LogP contribution in [0.2, 0.25) is 0 Å². The molecule has 0 atom stereocenters. The van der Waals surface area contributed by atoms with Crippen LogP contribution in [0.15, 0.2) is 30.3 Å². The smallest absolute Gasteiger partial charge is 0.352 e. The van der Waals surface area contributed by atoms with Crippen molar-refractivity contribution in [1.82, 2.24) is 9.88 Å². The molecule has 0 saturated heterocycles. The molecule has 2 aromatic rings. The lowest BCUT2D eigenvalue weighted by atomic mass is 10.1. The fourth-order valence-electron chi connectivity index (χ4n) is 3.22. The standard InChI is InChI=1S/C19H21F3N2O/c1-12-11-15(13(2)24(12)17-7-8-17)9-10-23-18(25)14-3-5-16(6-4-14)19(20,21)22/h3-6,11,17H,7-10H2,1-2H3,(H,23,25). The van der Waals surface area contributed by atoms with Crippen LogP contribution >= 0.6 is 0 Å². The molecule has 1 aliphatic carbocycles. The van der Waals surface area contributed by atoms with Gasteiger partial charge in [0.1, 0.15) is 0 Å². The van der Waals surface area contributed by atoms with Crippen molar-refractivity contribution in [2.24, 2.45) is 0 Å². The Balaban J connectivity index is 1.57. The molecule has 1 saturated carbocycles. The van der Waals surface area contributed by atoms with Crippen molar-refractivity contribution >= 4 is 5.91 Å². The molecule has 1 aromatic carbocycles. The molecule has 0 aliphatic heterocycles. The number of nitrogens with zero attached hydrogens (tertiary/aromatic N) is 1. The van der Waals surface area contributed by atoms with Crippen LogP contribution in [0.3, 0.4) is 0 Å². The van der Waals surface area contributed by atoms with Crippen LogP contribution in [0.5, 0.6) is 0 Å². The first kappa shape index (κ1) is 17.6. The minimum absolute atomic E-state index is 0.233. The summed E-state index contributed by atoms with van der Waals surface area (Å²) >= 11 is 0. The first-order valence-corrected chi connectivity index (χ1v) is 8.40. The van der Waals surface area contributed by atoms with Gasteiger partial charge in [-0.15, -0.1) is 0 Å². The minimum atomic E-state index is -4.39. The minimum Gasteiger partial charge on any atom is -0.352 e. The maximum Gasteiger partial charge on any atom is 0.416 e. The molecule has 0 bridgehead atoms. The van der Waals surface area contributed by atoms with Crippen LogP contribution in [0.4, 0.5) is 13.2 Å². The zero-order valence-corrected chi connectivity index (χ0v) is 14.3. The lowest BCUT2D eigenvalue weighted by Gasteiger charge is -2.09. The van der Waals surface area contributed by atoms with Crippen molar-refractivity contribution in [2.75, 3.05) is 6.54 Å². The summed E-state index contributed by atoms with van der Waals surface area (Å²) in [6.45, 7) is 4.64. The van der Waals surface area contributed by atoms with E-state index in [1.54, 1.807) is 0 Å². The van der Waals surface area contributed by atoms with E-state index in [-0.39, 0.29) is 11.5 Å². The van der Waals surface area contributed by atoms with Crippen molar-refractivity contribution in [3.8, 4) is 0 Å². The molecule has 1 N–H and O–H groups in total. The molecule has 3 nitrogen and oxygen atoms in total. The van der Waals surface area contributed by atoms with E-state index in [4.69, 9.17) is 0 Å². The number of carbonyl (C=O) groups is 1. The highest BCUT2D eigenvalue weighted by Crippen LogP contribution is 2.38. The number of hydrogen-bond donors (Lipinski definition) is 1. The molecule has 1 aromatic heterocycles. The second-order valence-electron chi connectivity index (χ2n) is 6.58. The Labute approximate surface area is 144 Å². The number of rotatable bonds is 5. The van der Waals surface area contributed by atoms with Gasteiger partial charge in [0.2, 0.25) is 0 Å². The summed E-state index contributed by atoms with van der Waals surface area (Å²) in [7, 11) is 0. The molecule has 1 aliphatic rings. The summed E-state index contributed by atoms with van der Waals surface area (Å²) in [5, 5.41) is 2.78. The number of halogens is 3. The van der Waals surface area contributed by atoms with Gasteiger partial charge >= 0.3 is 6.18 Å². The van der Waals surface area contributed by atoms with Gasteiger partial charge in [-0.25, -0.2) is 0 Å². The average molecular weight is 350 g/mol. The van der Waals surface area contributed by atoms with Gasteiger partial charge in [0.25, 0.3) is 5.91 Å². The molecule has 134 valence electrons. The largest absolute Gasteiger partial charge is 0.416 e. The quantitative estimate of drug-likeness (QED) is 0.850. The Hall–Kier alpha value is -2.24. The molecule has 0 unspecified atom stereocenters. The summed E-state index contributed by atoms with van der Waals surface area (Å²) in [5.74, 6) is -0.357. The van der Waals surface area contributed by atoms with E-state index in [9.17, 15) is 18.0 Å². The van der Waals surface area contributed by atoms with Gasteiger partial charge in [0.05, 0.1) is 5.56 Å². The predicted octanol–water partition coefficient (Wildman–Crippen LogP) is 4.43. The molecule has 0 spiro atoms. The maximum absolute atomic E-state index is 12.5. The molecule has 1 amide bonds. The molecule has 3 rings (SSSR count). The molecule has 6 heteroatoms. The summed E-state index contributed by atoms with van der Waals surface area (Å²) in [6.07, 6.45) is -1.24. The highest BCUT2D eigenvalue weighted by atomic mass is 19.4. The normalized spacial score (nSPS) is 14.6. The Morgan fingerprint density at radius 3 is 2.40 bits per heavy atom. The number of benzene rings is 1. The Kier molecular flexibility index (Phi) is 4.62. The number of alkyl halides is 3. The number of amides is 1. The lowest BCUT2D eigenvalue weighted by Crippen LogP contribution is -2.25. The van der Waals surface area contributed by atoms with Gasteiger partial charge in [-0.3, -0.25) is 4.79 Å². The monoisotopic (exact) mass is 350 g/mol.